The Hall–Kier alpha value is -0.250. The van der Waals surface area contributed by atoms with Gasteiger partial charge in [-0.05, 0) is 11.8 Å². The number of fused-ring (bicyclic) bond motifs is 1. The molecule has 0 N–H and O–H groups in total. The van der Waals surface area contributed by atoms with Crippen LogP contribution in [0.3, 0.4) is 0 Å². The molecule has 0 bridgehead atoms. The molecule has 0 saturated heterocycles. The molecule has 66 valence electrons. The molecule has 0 spiro atoms. The van der Waals surface area contributed by atoms with E-state index in [1.54, 1.807) is 6.08 Å². The second kappa shape index (κ2) is 2.37. The number of halogens is 4. The van der Waals surface area contributed by atoms with Gasteiger partial charge < -0.3 is 0 Å². The maximum absolute atomic E-state index is 12.1. The van der Waals surface area contributed by atoms with Gasteiger partial charge in [0.25, 0.3) is 0 Å². The highest BCUT2D eigenvalue weighted by Crippen LogP contribution is 2.51. The normalized spacial score (nSPS) is 39.0. The Morgan fingerprint density at radius 2 is 1.92 bits per heavy atom. The van der Waals surface area contributed by atoms with Crippen LogP contribution in [0.2, 0.25) is 0 Å². The van der Waals surface area contributed by atoms with Crippen LogP contribution < -0.4 is 0 Å². The van der Waals surface area contributed by atoms with Crippen molar-refractivity contribution in [2.75, 3.05) is 0 Å². The van der Waals surface area contributed by atoms with Crippen LogP contribution in [0.15, 0.2) is 23.8 Å². The van der Waals surface area contributed by atoms with Gasteiger partial charge in [0.2, 0.25) is 0 Å². The summed E-state index contributed by atoms with van der Waals surface area (Å²) in [6.07, 6.45) is -0.0732. The molecule has 0 aromatic carbocycles. The number of allylic oxidation sites excluding steroid dienone is 4. The van der Waals surface area contributed by atoms with Gasteiger partial charge in [-0.25, -0.2) is 0 Å². The molecule has 12 heavy (non-hydrogen) atoms. The average molecular weight is 239 g/mol. The van der Waals surface area contributed by atoms with Crippen LogP contribution in [0.4, 0.5) is 13.2 Å². The van der Waals surface area contributed by atoms with Gasteiger partial charge >= 0.3 is 6.18 Å². The molecule has 0 nitrogen and oxygen atoms in total. The smallest absolute Gasteiger partial charge is 0.166 e. The number of hydrogen-bond acceptors (Lipinski definition) is 0. The lowest BCUT2D eigenvalue weighted by Crippen LogP contribution is -2.11. The number of hydrogen-bond donors (Lipinski definition) is 0. The number of alkyl halides is 4. The van der Waals surface area contributed by atoms with Crippen molar-refractivity contribution in [2.24, 2.45) is 11.8 Å². The molecule has 0 aromatic rings. The summed E-state index contributed by atoms with van der Waals surface area (Å²) < 4.78 is 36.4. The third-order valence-electron chi connectivity index (χ3n) is 2.24. The Bertz CT molecular complexity index is 264. The fourth-order valence-electron chi connectivity index (χ4n) is 1.42. The van der Waals surface area contributed by atoms with Crippen LogP contribution in [-0.2, 0) is 0 Å². The molecule has 2 aliphatic rings. The standard InChI is InChI=1S/C8H6BrF3/c9-7-5-2-1-4(3-6(5)7)8(10,11)12/h1-3,5-7H. The molecule has 1 fully saturated rings. The van der Waals surface area contributed by atoms with Crippen LogP contribution in [0.1, 0.15) is 0 Å². The van der Waals surface area contributed by atoms with E-state index >= 15 is 0 Å². The van der Waals surface area contributed by atoms with Gasteiger partial charge in [0.15, 0.2) is 0 Å². The van der Waals surface area contributed by atoms with E-state index in [1.807, 2.05) is 0 Å². The highest BCUT2D eigenvalue weighted by molar-refractivity contribution is 9.09. The fourth-order valence-corrected chi connectivity index (χ4v) is 2.28. The minimum absolute atomic E-state index is 0.0617. The maximum atomic E-state index is 12.1. The van der Waals surface area contributed by atoms with Crippen molar-refractivity contribution in [3.63, 3.8) is 0 Å². The van der Waals surface area contributed by atoms with E-state index in [1.165, 1.54) is 12.2 Å². The fraction of sp³-hybridized carbons (Fsp3) is 0.500. The zero-order valence-corrected chi connectivity index (χ0v) is 7.56. The Morgan fingerprint density at radius 3 is 2.42 bits per heavy atom. The first-order valence-corrected chi connectivity index (χ1v) is 4.53. The summed E-state index contributed by atoms with van der Waals surface area (Å²) in [6.45, 7) is 0. The topological polar surface area (TPSA) is 0 Å². The van der Waals surface area contributed by atoms with E-state index in [-0.39, 0.29) is 16.7 Å². The van der Waals surface area contributed by atoms with Crippen molar-refractivity contribution in [3.8, 4) is 0 Å². The molecular weight excluding hydrogens is 233 g/mol. The van der Waals surface area contributed by atoms with Crippen molar-refractivity contribution >= 4 is 15.9 Å². The minimum atomic E-state index is -4.18. The molecule has 3 unspecified atom stereocenters. The van der Waals surface area contributed by atoms with Crippen molar-refractivity contribution in [1.29, 1.82) is 0 Å². The molecule has 0 aliphatic heterocycles. The maximum Gasteiger partial charge on any atom is 0.416 e. The van der Waals surface area contributed by atoms with Gasteiger partial charge in [-0.2, -0.15) is 13.2 Å². The Morgan fingerprint density at radius 1 is 1.25 bits per heavy atom. The zero-order valence-electron chi connectivity index (χ0n) is 5.98. The van der Waals surface area contributed by atoms with Crippen LogP contribution >= 0.6 is 15.9 Å². The first-order valence-electron chi connectivity index (χ1n) is 3.61. The summed E-state index contributed by atoms with van der Waals surface area (Å²) in [6, 6.07) is 0. The van der Waals surface area contributed by atoms with E-state index in [0.717, 1.165) is 0 Å². The predicted molar refractivity (Wildman–Crippen MR) is 43.0 cm³/mol. The molecular formula is C8H6BrF3. The van der Waals surface area contributed by atoms with Crippen molar-refractivity contribution in [3.05, 3.63) is 23.8 Å². The molecule has 3 atom stereocenters. The van der Waals surface area contributed by atoms with E-state index in [4.69, 9.17) is 0 Å². The summed E-state index contributed by atoms with van der Waals surface area (Å²) in [5, 5.41) is 0. The number of rotatable bonds is 0. The lowest BCUT2D eigenvalue weighted by molar-refractivity contribution is -0.0886. The molecule has 0 amide bonds. The Kier molecular flexibility index (Phi) is 1.65. The molecule has 1 saturated carbocycles. The third kappa shape index (κ3) is 1.22. The molecule has 4 heteroatoms. The van der Waals surface area contributed by atoms with Gasteiger partial charge in [0, 0.05) is 4.83 Å². The summed E-state index contributed by atoms with van der Waals surface area (Å²) >= 11 is 3.31. The quantitative estimate of drug-likeness (QED) is 0.570. The summed E-state index contributed by atoms with van der Waals surface area (Å²) in [5.41, 5.74) is -0.509. The Balaban J connectivity index is 2.21. The SMILES string of the molecule is FC(F)(F)C1=CC2C(Br)C2C=C1. The first-order chi connectivity index (χ1) is 5.50. The third-order valence-corrected chi connectivity index (χ3v) is 3.46. The van der Waals surface area contributed by atoms with E-state index in [9.17, 15) is 13.2 Å². The second-order valence-electron chi connectivity index (χ2n) is 3.08. The lowest BCUT2D eigenvalue weighted by atomic mass is 10.1. The van der Waals surface area contributed by atoms with Gasteiger partial charge in [0.05, 0.1) is 5.57 Å². The Labute approximate surface area is 76.3 Å². The van der Waals surface area contributed by atoms with Crippen LogP contribution in [-0.4, -0.2) is 11.0 Å². The molecule has 2 rings (SSSR count). The van der Waals surface area contributed by atoms with E-state index < -0.39 is 11.7 Å². The first kappa shape index (κ1) is 8.35. The molecule has 2 aliphatic carbocycles. The minimum Gasteiger partial charge on any atom is -0.166 e. The summed E-state index contributed by atoms with van der Waals surface area (Å²) in [7, 11) is 0. The van der Waals surface area contributed by atoms with Gasteiger partial charge in [-0.3, -0.25) is 0 Å². The molecule has 0 heterocycles. The van der Waals surface area contributed by atoms with Gasteiger partial charge in [0.1, 0.15) is 0 Å². The van der Waals surface area contributed by atoms with E-state index in [0.29, 0.717) is 0 Å². The zero-order chi connectivity index (χ0) is 8.93. The van der Waals surface area contributed by atoms with Crippen molar-refractivity contribution in [1.82, 2.24) is 0 Å². The summed E-state index contributed by atoms with van der Waals surface area (Å²) in [4.78, 5) is 0.216. The highest BCUT2D eigenvalue weighted by atomic mass is 79.9. The van der Waals surface area contributed by atoms with Gasteiger partial charge in [-0.15, -0.1) is 0 Å². The van der Waals surface area contributed by atoms with Crippen molar-refractivity contribution < 1.29 is 13.2 Å². The largest absolute Gasteiger partial charge is 0.416 e. The lowest BCUT2D eigenvalue weighted by Gasteiger charge is -2.09. The average Bonchev–Trinajstić information content (AvgIpc) is 2.61. The van der Waals surface area contributed by atoms with Crippen molar-refractivity contribution in [2.45, 2.75) is 11.0 Å². The van der Waals surface area contributed by atoms with Crippen LogP contribution in [0, 0.1) is 11.8 Å². The summed E-state index contributed by atoms with van der Waals surface area (Å²) in [5.74, 6) is 0.350. The highest BCUT2D eigenvalue weighted by Gasteiger charge is 2.49. The van der Waals surface area contributed by atoms with Gasteiger partial charge in [-0.1, -0.05) is 34.2 Å². The molecule has 0 aromatic heterocycles. The molecule has 0 radical (unpaired) electrons. The van der Waals surface area contributed by atoms with Crippen LogP contribution in [0.25, 0.3) is 0 Å². The predicted octanol–water partition coefficient (Wildman–Crippen LogP) is 3.05. The monoisotopic (exact) mass is 238 g/mol. The van der Waals surface area contributed by atoms with Crippen LogP contribution in [0.5, 0.6) is 0 Å². The second-order valence-corrected chi connectivity index (χ2v) is 4.14. The van der Waals surface area contributed by atoms with E-state index in [2.05, 4.69) is 15.9 Å².